The highest BCUT2D eigenvalue weighted by Gasteiger charge is 2.11. The Hall–Kier alpha value is -0.410. The minimum atomic E-state index is -0.150. The summed E-state index contributed by atoms with van der Waals surface area (Å²) < 4.78 is 13.0. The second-order valence-electron chi connectivity index (χ2n) is 4.68. The Labute approximate surface area is 112 Å². The first-order valence-electron chi connectivity index (χ1n) is 6.09. The predicted molar refractivity (Wildman–Crippen MR) is 75.1 cm³/mol. The average molecular weight is 302 g/mol. The summed E-state index contributed by atoms with van der Waals surface area (Å²) >= 11 is 3.46. The van der Waals surface area contributed by atoms with Crippen LogP contribution in [0.15, 0.2) is 18.2 Å². The molecule has 17 heavy (non-hydrogen) atoms. The van der Waals surface area contributed by atoms with Crippen molar-refractivity contribution in [3.05, 3.63) is 35.1 Å². The number of rotatable bonds is 6. The first-order chi connectivity index (χ1) is 8.04. The van der Waals surface area contributed by atoms with Crippen molar-refractivity contribution < 1.29 is 4.39 Å². The SMILES string of the molecule is Cc1cc(F)ccc1CN(CCCBr)C(C)C. The van der Waals surface area contributed by atoms with Crippen LogP contribution in [0.25, 0.3) is 0 Å². The van der Waals surface area contributed by atoms with Crippen LogP contribution in [0.4, 0.5) is 4.39 Å². The lowest BCUT2D eigenvalue weighted by Crippen LogP contribution is -2.31. The fourth-order valence-corrected chi connectivity index (χ4v) is 2.09. The highest BCUT2D eigenvalue weighted by molar-refractivity contribution is 9.09. The van der Waals surface area contributed by atoms with Crippen LogP contribution in [0, 0.1) is 12.7 Å². The zero-order chi connectivity index (χ0) is 12.8. The van der Waals surface area contributed by atoms with Crippen LogP contribution in [0.2, 0.25) is 0 Å². The van der Waals surface area contributed by atoms with Crippen molar-refractivity contribution in [1.29, 1.82) is 0 Å². The highest BCUT2D eigenvalue weighted by atomic mass is 79.9. The van der Waals surface area contributed by atoms with Gasteiger partial charge in [0.2, 0.25) is 0 Å². The molecular weight excluding hydrogens is 281 g/mol. The van der Waals surface area contributed by atoms with Gasteiger partial charge in [0.1, 0.15) is 5.82 Å². The van der Waals surface area contributed by atoms with E-state index in [1.807, 2.05) is 13.0 Å². The van der Waals surface area contributed by atoms with E-state index in [1.54, 1.807) is 12.1 Å². The molecule has 0 saturated carbocycles. The summed E-state index contributed by atoms with van der Waals surface area (Å²) in [6, 6.07) is 5.57. The van der Waals surface area contributed by atoms with E-state index in [4.69, 9.17) is 0 Å². The van der Waals surface area contributed by atoms with Crippen LogP contribution in [0.5, 0.6) is 0 Å². The number of hydrogen-bond acceptors (Lipinski definition) is 1. The first-order valence-corrected chi connectivity index (χ1v) is 7.21. The van der Waals surface area contributed by atoms with Gasteiger partial charge >= 0.3 is 0 Å². The Morgan fingerprint density at radius 2 is 2.06 bits per heavy atom. The molecule has 0 unspecified atom stereocenters. The molecule has 0 amide bonds. The standard InChI is InChI=1S/C14H21BrFN/c1-11(2)17(8-4-7-15)10-13-5-6-14(16)9-12(13)3/h5-6,9,11H,4,7-8,10H2,1-3H3. The second kappa shape index (κ2) is 7.12. The topological polar surface area (TPSA) is 3.24 Å². The third-order valence-electron chi connectivity index (χ3n) is 2.99. The maximum Gasteiger partial charge on any atom is 0.123 e. The number of benzene rings is 1. The molecule has 0 heterocycles. The quantitative estimate of drug-likeness (QED) is 0.714. The summed E-state index contributed by atoms with van der Waals surface area (Å²) in [6.07, 6.45) is 1.14. The lowest BCUT2D eigenvalue weighted by Gasteiger charge is -2.27. The molecule has 1 aromatic rings. The van der Waals surface area contributed by atoms with Crippen LogP contribution in [0.3, 0.4) is 0 Å². The van der Waals surface area contributed by atoms with E-state index >= 15 is 0 Å². The Morgan fingerprint density at radius 1 is 1.35 bits per heavy atom. The zero-order valence-corrected chi connectivity index (χ0v) is 12.4. The van der Waals surface area contributed by atoms with Gasteiger partial charge in [0.15, 0.2) is 0 Å². The molecule has 3 heteroatoms. The molecule has 0 atom stereocenters. The fraction of sp³-hybridized carbons (Fsp3) is 0.571. The number of alkyl halides is 1. The summed E-state index contributed by atoms with van der Waals surface area (Å²) in [5.74, 6) is -0.150. The first kappa shape index (κ1) is 14.7. The van der Waals surface area contributed by atoms with Crippen molar-refractivity contribution in [3.63, 3.8) is 0 Å². The van der Waals surface area contributed by atoms with Crippen LogP contribution in [-0.4, -0.2) is 22.8 Å². The van der Waals surface area contributed by atoms with Gasteiger partial charge < -0.3 is 0 Å². The molecule has 0 N–H and O–H groups in total. The second-order valence-corrected chi connectivity index (χ2v) is 5.47. The molecule has 0 aliphatic carbocycles. The van der Waals surface area contributed by atoms with Crippen molar-refractivity contribution >= 4 is 15.9 Å². The van der Waals surface area contributed by atoms with Crippen molar-refractivity contribution in [2.24, 2.45) is 0 Å². The van der Waals surface area contributed by atoms with Gasteiger partial charge in [0.05, 0.1) is 0 Å². The minimum Gasteiger partial charge on any atom is -0.297 e. The molecule has 0 saturated heterocycles. The van der Waals surface area contributed by atoms with Crippen molar-refractivity contribution in [2.75, 3.05) is 11.9 Å². The molecule has 0 fully saturated rings. The van der Waals surface area contributed by atoms with Gasteiger partial charge in [-0.25, -0.2) is 4.39 Å². The molecule has 1 nitrogen and oxygen atoms in total. The maximum atomic E-state index is 13.0. The Bertz CT molecular complexity index is 352. The smallest absolute Gasteiger partial charge is 0.123 e. The van der Waals surface area contributed by atoms with Crippen LogP contribution >= 0.6 is 15.9 Å². The lowest BCUT2D eigenvalue weighted by atomic mass is 10.1. The molecule has 0 bridgehead atoms. The van der Waals surface area contributed by atoms with Crippen LogP contribution in [-0.2, 0) is 6.54 Å². The monoisotopic (exact) mass is 301 g/mol. The van der Waals surface area contributed by atoms with Gasteiger partial charge in [-0.2, -0.15) is 0 Å². The molecule has 0 radical (unpaired) electrons. The summed E-state index contributed by atoms with van der Waals surface area (Å²) in [4.78, 5) is 2.42. The summed E-state index contributed by atoms with van der Waals surface area (Å²) in [5.41, 5.74) is 2.25. The third-order valence-corrected chi connectivity index (χ3v) is 3.55. The molecule has 0 aliphatic heterocycles. The largest absolute Gasteiger partial charge is 0.297 e. The number of hydrogen-bond donors (Lipinski definition) is 0. The molecule has 1 rings (SSSR count). The van der Waals surface area contributed by atoms with Crippen LogP contribution < -0.4 is 0 Å². The van der Waals surface area contributed by atoms with E-state index in [9.17, 15) is 4.39 Å². The Kier molecular flexibility index (Phi) is 6.14. The van der Waals surface area contributed by atoms with Crippen LogP contribution in [0.1, 0.15) is 31.4 Å². The zero-order valence-electron chi connectivity index (χ0n) is 10.8. The fourth-order valence-electron chi connectivity index (χ4n) is 1.84. The molecule has 0 aliphatic rings. The molecule has 0 aromatic heterocycles. The molecule has 96 valence electrons. The van der Waals surface area contributed by atoms with E-state index in [2.05, 4.69) is 34.7 Å². The Morgan fingerprint density at radius 3 is 2.59 bits per heavy atom. The number of halogens is 2. The van der Waals surface area contributed by atoms with E-state index in [-0.39, 0.29) is 5.82 Å². The number of aryl methyl sites for hydroxylation is 1. The van der Waals surface area contributed by atoms with E-state index in [1.165, 1.54) is 5.56 Å². The Balaban J connectivity index is 2.71. The molecular formula is C14H21BrFN. The predicted octanol–water partition coefficient (Wildman–Crippen LogP) is 4.13. The summed E-state index contributed by atoms with van der Waals surface area (Å²) in [5, 5.41) is 1.03. The highest BCUT2D eigenvalue weighted by Crippen LogP contribution is 2.15. The van der Waals surface area contributed by atoms with E-state index in [0.29, 0.717) is 6.04 Å². The van der Waals surface area contributed by atoms with Crippen molar-refractivity contribution in [1.82, 2.24) is 4.90 Å². The van der Waals surface area contributed by atoms with Crippen molar-refractivity contribution in [2.45, 2.75) is 39.8 Å². The minimum absolute atomic E-state index is 0.150. The van der Waals surface area contributed by atoms with E-state index < -0.39 is 0 Å². The normalized spacial score (nSPS) is 11.5. The van der Waals surface area contributed by atoms with Gasteiger partial charge in [0, 0.05) is 17.9 Å². The van der Waals surface area contributed by atoms with Gasteiger partial charge in [-0.1, -0.05) is 22.0 Å². The van der Waals surface area contributed by atoms with Gasteiger partial charge in [-0.3, -0.25) is 4.90 Å². The van der Waals surface area contributed by atoms with Gasteiger partial charge in [0.25, 0.3) is 0 Å². The van der Waals surface area contributed by atoms with Gasteiger partial charge in [-0.15, -0.1) is 0 Å². The summed E-state index contributed by atoms with van der Waals surface area (Å²) in [6.45, 7) is 8.35. The maximum absolute atomic E-state index is 13.0. The molecule has 0 spiro atoms. The van der Waals surface area contributed by atoms with Gasteiger partial charge in [-0.05, 0) is 57.0 Å². The lowest BCUT2D eigenvalue weighted by molar-refractivity contribution is 0.213. The van der Waals surface area contributed by atoms with E-state index in [0.717, 1.165) is 30.4 Å². The average Bonchev–Trinajstić information content (AvgIpc) is 2.26. The number of nitrogens with zero attached hydrogens (tertiary/aromatic N) is 1. The molecule has 1 aromatic carbocycles. The third kappa shape index (κ3) is 4.76. The summed E-state index contributed by atoms with van der Waals surface area (Å²) in [7, 11) is 0. The van der Waals surface area contributed by atoms with Crippen molar-refractivity contribution in [3.8, 4) is 0 Å².